The molecule has 0 saturated carbocycles. The second kappa shape index (κ2) is 10.3. The van der Waals surface area contributed by atoms with Crippen LogP contribution < -0.4 is 5.32 Å². The van der Waals surface area contributed by atoms with Crippen LogP contribution in [0.4, 0.5) is 19.7 Å². The lowest BCUT2D eigenvalue weighted by Crippen LogP contribution is -2.43. The molecule has 0 aromatic heterocycles. The molecule has 0 heterocycles. The monoisotopic (exact) mass is 426 g/mol. The predicted molar refractivity (Wildman–Crippen MR) is 110 cm³/mol. The molecular formula is C21H31FN2O6. The third-order valence-corrected chi connectivity index (χ3v) is 3.36. The smallest absolute Gasteiger partial charge is 0.420 e. The number of rotatable bonds is 6. The van der Waals surface area contributed by atoms with Gasteiger partial charge in [-0.3, -0.25) is 4.79 Å². The number of amides is 2. The van der Waals surface area contributed by atoms with Crippen molar-refractivity contribution in [3.8, 4) is 0 Å². The zero-order chi connectivity index (χ0) is 23.1. The van der Waals surface area contributed by atoms with Gasteiger partial charge in [-0.1, -0.05) is 6.07 Å². The van der Waals surface area contributed by atoms with Crippen LogP contribution in [0.1, 0.15) is 54.0 Å². The highest BCUT2D eigenvalue weighted by atomic mass is 19.1. The Kier molecular flexibility index (Phi) is 8.62. The SMILES string of the molecule is CCOC(=O)CNc1cc(F)ccc1CN(C(=O)OC(C)(C)C)C(=O)OC(C)(C)C. The van der Waals surface area contributed by atoms with Gasteiger partial charge in [0, 0.05) is 5.69 Å². The maximum Gasteiger partial charge on any atom is 0.420 e. The Morgan fingerprint density at radius 2 is 1.53 bits per heavy atom. The molecule has 168 valence electrons. The minimum atomic E-state index is -0.905. The number of nitrogens with zero attached hydrogens (tertiary/aromatic N) is 1. The normalized spacial score (nSPS) is 11.5. The Morgan fingerprint density at radius 3 is 2.00 bits per heavy atom. The van der Waals surface area contributed by atoms with Gasteiger partial charge in [0.05, 0.1) is 13.2 Å². The highest BCUT2D eigenvalue weighted by Gasteiger charge is 2.31. The lowest BCUT2D eigenvalue weighted by Gasteiger charge is -2.29. The fourth-order valence-electron chi connectivity index (χ4n) is 2.24. The van der Waals surface area contributed by atoms with E-state index in [0.717, 1.165) is 11.0 Å². The number of hydrogen-bond donors (Lipinski definition) is 1. The van der Waals surface area contributed by atoms with Gasteiger partial charge in [-0.05, 0) is 66.2 Å². The summed E-state index contributed by atoms with van der Waals surface area (Å²) in [5.74, 6) is -1.07. The third-order valence-electron chi connectivity index (χ3n) is 3.36. The molecule has 0 aliphatic heterocycles. The van der Waals surface area contributed by atoms with E-state index in [1.54, 1.807) is 48.5 Å². The highest BCUT2D eigenvalue weighted by molar-refractivity contribution is 5.88. The van der Waals surface area contributed by atoms with Gasteiger partial charge in [-0.25, -0.2) is 18.9 Å². The second-order valence-electron chi connectivity index (χ2n) is 8.51. The molecule has 2 amide bonds. The van der Waals surface area contributed by atoms with Crippen LogP contribution in [0.5, 0.6) is 0 Å². The predicted octanol–water partition coefficient (Wildman–Crippen LogP) is 4.47. The molecule has 0 saturated heterocycles. The van der Waals surface area contributed by atoms with Gasteiger partial charge in [0.1, 0.15) is 23.6 Å². The summed E-state index contributed by atoms with van der Waals surface area (Å²) >= 11 is 0. The number of hydrogen-bond acceptors (Lipinski definition) is 7. The Bertz CT molecular complexity index is 740. The van der Waals surface area contributed by atoms with E-state index in [-0.39, 0.29) is 25.4 Å². The van der Waals surface area contributed by atoms with E-state index >= 15 is 0 Å². The van der Waals surface area contributed by atoms with E-state index < -0.39 is 35.2 Å². The van der Waals surface area contributed by atoms with Crippen molar-refractivity contribution in [1.29, 1.82) is 0 Å². The van der Waals surface area contributed by atoms with Crippen molar-refractivity contribution in [3.05, 3.63) is 29.6 Å². The maximum atomic E-state index is 13.8. The lowest BCUT2D eigenvalue weighted by molar-refractivity contribution is -0.140. The van der Waals surface area contributed by atoms with Crippen molar-refractivity contribution in [2.75, 3.05) is 18.5 Å². The van der Waals surface area contributed by atoms with Crippen molar-refractivity contribution < 1.29 is 33.0 Å². The van der Waals surface area contributed by atoms with Gasteiger partial charge in [-0.15, -0.1) is 0 Å². The molecule has 0 aliphatic carbocycles. The molecule has 0 aliphatic rings. The summed E-state index contributed by atoms with van der Waals surface area (Å²) in [6, 6.07) is 3.76. The molecule has 1 rings (SSSR count). The van der Waals surface area contributed by atoms with Crippen molar-refractivity contribution in [2.45, 2.75) is 66.2 Å². The van der Waals surface area contributed by atoms with Crippen LogP contribution in [0.25, 0.3) is 0 Å². The molecule has 0 radical (unpaired) electrons. The van der Waals surface area contributed by atoms with Crippen molar-refractivity contribution in [1.82, 2.24) is 4.90 Å². The Labute approximate surface area is 176 Å². The van der Waals surface area contributed by atoms with E-state index in [2.05, 4.69) is 5.32 Å². The van der Waals surface area contributed by atoms with Gasteiger partial charge in [0.2, 0.25) is 0 Å². The Hall–Kier alpha value is -2.84. The molecular weight excluding hydrogens is 395 g/mol. The van der Waals surface area contributed by atoms with E-state index in [1.807, 2.05) is 0 Å². The number of carbonyl (C=O) groups excluding carboxylic acids is 3. The van der Waals surface area contributed by atoms with E-state index in [1.165, 1.54) is 12.1 Å². The topological polar surface area (TPSA) is 94.2 Å². The van der Waals surface area contributed by atoms with Gasteiger partial charge in [0.15, 0.2) is 0 Å². The minimum absolute atomic E-state index is 0.205. The van der Waals surface area contributed by atoms with Crippen LogP contribution in [0.2, 0.25) is 0 Å². The first kappa shape index (κ1) is 25.2. The standard InChI is InChI=1S/C21H31FN2O6/c1-8-28-17(25)12-23-16-11-15(22)10-9-14(16)13-24(18(26)29-20(2,3)4)19(27)30-21(5,6)7/h9-11,23H,8,12-13H2,1-7H3. The minimum Gasteiger partial charge on any atom is -0.465 e. The number of halogens is 1. The zero-order valence-corrected chi connectivity index (χ0v) is 18.6. The second-order valence-corrected chi connectivity index (χ2v) is 8.51. The molecule has 0 fully saturated rings. The first-order valence-electron chi connectivity index (χ1n) is 9.63. The summed E-state index contributed by atoms with van der Waals surface area (Å²) < 4.78 is 29.3. The molecule has 30 heavy (non-hydrogen) atoms. The summed E-state index contributed by atoms with van der Waals surface area (Å²) in [5, 5.41) is 2.77. The van der Waals surface area contributed by atoms with E-state index in [9.17, 15) is 18.8 Å². The molecule has 1 aromatic rings. The average Bonchev–Trinajstić information content (AvgIpc) is 2.56. The first-order valence-corrected chi connectivity index (χ1v) is 9.63. The molecule has 0 unspecified atom stereocenters. The first-order chi connectivity index (χ1) is 13.7. The summed E-state index contributed by atoms with van der Waals surface area (Å²) in [5.41, 5.74) is -1.06. The Morgan fingerprint density at radius 1 is 1.00 bits per heavy atom. The van der Waals surface area contributed by atoms with Gasteiger partial charge >= 0.3 is 18.2 Å². The molecule has 1 aromatic carbocycles. The van der Waals surface area contributed by atoms with Crippen LogP contribution in [0.3, 0.4) is 0 Å². The third kappa shape index (κ3) is 9.11. The van der Waals surface area contributed by atoms with Crippen molar-refractivity contribution in [3.63, 3.8) is 0 Å². The maximum absolute atomic E-state index is 13.8. The highest BCUT2D eigenvalue weighted by Crippen LogP contribution is 2.22. The van der Waals surface area contributed by atoms with Crippen LogP contribution in [0, 0.1) is 5.82 Å². The van der Waals surface area contributed by atoms with Gasteiger partial charge < -0.3 is 19.5 Å². The van der Waals surface area contributed by atoms with Gasteiger partial charge in [0.25, 0.3) is 0 Å². The Balaban J connectivity index is 3.16. The summed E-state index contributed by atoms with van der Waals surface area (Å²) in [7, 11) is 0. The molecule has 0 bridgehead atoms. The fraction of sp³-hybridized carbons (Fsp3) is 0.571. The number of esters is 1. The summed E-state index contributed by atoms with van der Waals surface area (Å²) in [6.07, 6.45) is -1.81. The zero-order valence-electron chi connectivity index (χ0n) is 18.6. The molecule has 0 spiro atoms. The van der Waals surface area contributed by atoms with Crippen LogP contribution in [0.15, 0.2) is 18.2 Å². The summed E-state index contributed by atoms with van der Waals surface area (Å²) in [4.78, 5) is 37.7. The van der Waals surface area contributed by atoms with Crippen LogP contribution in [-0.4, -0.2) is 47.4 Å². The van der Waals surface area contributed by atoms with E-state index in [4.69, 9.17) is 14.2 Å². The fourth-order valence-corrected chi connectivity index (χ4v) is 2.24. The van der Waals surface area contributed by atoms with Crippen molar-refractivity contribution >= 4 is 23.8 Å². The van der Waals surface area contributed by atoms with Gasteiger partial charge in [-0.2, -0.15) is 0 Å². The van der Waals surface area contributed by atoms with Crippen LogP contribution in [-0.2, 0) is 25.5 Å². The largest absolute Gasteiger partial charge is 0.465 e. The molecule has 8 nitrogen and oxygen atoms in total. The number of imide groups is 1. The molecule has 1 N–H and O–H groups in total. The average molecular weight is 426 g/mol. The summed E-state index contributed by atoms with van der Waals surface area (Å²) in [6.45, 7) is 11.4. The number of ether oxygens (including phenoxy) is 3. The quantitative estimate of drug-likeness (QED) is 0.530. The van der Waals surface area contributed by atoms with Crippen molar-refractivity contribution in [2.24, 2.45) is 0 Å². The number of benzene rings is 1. The van der Waals surface area contributed by atoms with Crippen LogP contribution >= 0.6 is 0 Å². The number of anilines is 1. The lowest BCUT2D eigenvalue weighted by atomic mass is 10.1. The molecule has 9 heteroatoms. The number of nitrogens with one attached hydrogen (secondary N) is 1. The molecule has 0 atom stereocenters. The number of carbonyl (C=O) groups is 3. The van der Waals surface area contributed by atoms with E-state index in [0.29, 0.717) is 5.56 Å².